The van der Waals surface area contributed by atoms with E-state index in [9.17, 15) is 10.1 Å². The normalized spacial score (nSPS) is 12.4. The number of nitrogens with zero attached hydrogens (tertiary/aromatic N) is 1. The van der Waals surface area contributed by atoms with Crippen LogP contribution in [0, 0.1) is 10.1 Å². The fraction of sp³-hybridized carbons (Fsp3) is 0.0909. The van der Waals surface area contributed by atoms with Crippen LogP contribution in [-0.2, 0) is 0 Å². The average Bonchev–Trinajstić information content (AvgIpc) is 2.78. The van der Waals surface area contributed by atoms with Crippen LogP contribution in [0.25, 0.3) is 0 Å². The van der Waals surface area contributed by atoms with Crippen LogP contribution in [0.4, 0.5) is 5.88 Å². The molecule has 0 amide bonds. The van der Waals surface area contributed by atoms with Crippen molar-refractivity contribution in [2.75, 3.05) is 0 Å². The number of nitro groups is 1. The van der Waals surface area contributed by atoms with Crippen LogP contribution in [0.2, 0.25) is 5.02 Å². The Morgan fingerprint density at radius 1 is 1.18 bits per heavy atom. The highest BCUT2D eigenvalue weighted by molar-refractivity contribution is 6.30. The SMILES string of the molecule is O=[N+]([O-])c1ccc(C(Cl)c2ccc(Cl)cc2)o1. The van der Waals surface area contributed by atoms with Crippen LogP contribution in [0.1, 0.15) is 16.7 Å². The smallest absolute Gasteiger partial charge is 0.404 e. The molecular formula is C11H7Cl2NO3. The minimum atomic E-state index is -0.602. The Hall–Kier alpha value is -1.52. The summed E-state index contributed by atoms with van der Waals surface area (Å²) in [7, 11) is 0. The maximum absolute atomic E-state index is 10.5. The summed E-state index contributed by atoms with van der Waals surface area (Å²) in [5.41, 5.74) is 0.764. The predicted octanol–water partition coefficient (Wildman–Crippen LogP) is 4.17. The molecule has 1 atom stereocenters. The summed E-state index contributed by atoms with van der Waals surface area (Å²) in [6, 6.07) is 9.65. The van der Waals surface area contributed by atoms with Gasteiger partial charge in [0, 0.05) is 5.02 Å². The van der Waals surface area contributed by atoms with Crippen molar-refractivity contribution in [1.82, 2.24) is 0 Å². The maximum Gasteiger partial charge on any atom is 0.433 e. The van der Waals surface area contributed by atoms with Gasteiger partial charge >= 0.3 is 5.88 Å². The number of benzene rings is 1. The van der Waals surface area contributed by atoms with Gasteiger partial charge in [-0.05, 0) is 23.8 Å². The van der Waals surface area contributed by atoms with Gasteiger partial charge in [0.1, 0.15) is 16.1 Å². The van der Waals surface area contributed by atoms with Crippen LogP contribution < -0.4 is 0 Å². The lowest BCUT2D eigenvalue weighted by molar-refractivity contribution is -0.402. The quantitative estimate of drug-likeness (QED) is 0.478. The van der Waals surface area contributed by atoms with Gasteiger partial charge in [0.25, 0.3) is 0 Å². The molecule has 1 unspecified atom stereocenters. The zero-order chi connectivity index (χ0) is 12.4. The molecule has 0 aliphatic carbocycles. The standard InChI is InChI=1S/C11H7Cl2NO3/c12-8-3-1-7(2-4-8)11(13)9-5-6-10(17-9)14(15)16/h1-6,11H. The number of alkyl halides is 1. The number of halogens is 2. The van der Waals surface area contributed by atoms with Crippen LogP contribution in [0.3, 0.4) is 0 Å². The molecule has 0 N–H and O–H groups in total. The Morgan fingerprint density at radius 3 is 2.35 bits per heavy atom. The van der Waals surface area contributed by atoms with Crippen molar-refractivity contribution in [2.24, 2.45) is 0 Å². The molecule has 0 saturated heterocycles. The monoisotopic (exact) mass is 271 g/mol. The van der Waals surface area contributed by atoms with E-state index in [1.807, 2.05) is 0 Å². The van der Waals surface area contributed by atoms with Gasteiger partial charge in [-0.2, -0.15) is 0 Å². The Bertz CT molecular complexity index is 536. The Kier molecular flexibility index (Phi) is 3.36. The van der Waals surface area contributed by atoms with E-state index >= 15 is 0 Å². The summed E-state index contributed by atoms with van der Waals surface area (Å²) < 4.78 is 5.03. The largest absolute Gasteiger partial charge is 0.433 e. The highest BCUT2D eigenvalue weighted by Crippen LogP contribution is 2.32. The first-order valence-electron chi connectivity index (χ1n) is 4.71. The summed E-state index contributed by atoms with van der Waals surface area (Å²) in [6.07, 6.45) is 0. The molecule has 17 heavy (non-hydrogen) atoms. The molecule has 2 aromatic rings. The van der Waals surface area contributed by atoms with Gasteiger partial charge in [-0.3, -0.25) is 10.1 Å². The van der Waals surface area contributed by atoms with Crippen LogP contribution in [-0.4, -0.2) is 4.92 Å². The molecular weight excluding hydrogens is 265 g/mol. The van der Waals surface area contributed by atoms with Crippen LogP contribution >= 0.6 is 23.2 Å². The molecule has 0 radical (unpaired) electrons. The van der Waals surface area contributed by atoms with Crippen LogP contribution in [0.5, 0.6) is 0 Å². The predicted molar refractivity (Wildman–Crippen MR) is 64.5 cm³/mol. The lowest BCUT2D eigenvalue weighted by Gasteiger charge is -2.05. The molecule has 1 aromatic heterocycles. The zero-order valence-corrected chi connectivity index (χ0v) is 9.98. The Morgan fingerprint density at radius 2 is 1.82 bits per heavy atom. The number of hydrogen-bond donors (Lipinski definition) is 0. The van der Waals surface area contributed by atoms with Crippen LogP contribution in [0.15, 0.2) is 40.8 Å². The Labute approximate surface area is 107 Å². The number of rotatable bonds is 3. The third-order valence-corrected chi connectivity index (χ3v) is 2.92. The van der Waals surface area contributed by atoms with E-state index in [1.54, 1.807) is 24.3 Å². The first kappa shape index (κ1) is 12.0. The van der Waals surface area contributed by atoms with E-state index < -0.39 is 10.3 Å². The molecule has 4 nitrogen and oxygen atoms in total. The van der Waals surface area contributed by atoms with E-state index in [-0.39, 0.29) is 5.88 Å². The second kappa shape index (κ2) is 4.77. The summed E-state index contributed by atoms with van der Waals surface area (Å²) in [6.45, 7) is 0. The van der Waals surface area contributed by atoms with E-state index in [1.165, 1.54) is 12.1 Å². The van der Waals surface area contributed by atoms with Crippen molar-refractivity contribution in [3.63, 3.8) is 0 Å². The minimum Gasteiger partial charge on any atom is -0.404 e. The van der Waals surface area contributed by atoms with Crippen molar-refractivity contribution in [3.05, 3.63) is 62.9 Å². The minimum absolute atomic E-state index is 0.320. The third kappa shape index (κ3) is 2.60. The van der Waals surface area contributed by atoms with Crippen molar-refractivity contribution >= 4 is 29.1 Å². The van der Waals surface area contributed by atoms with Gasteiger partial charge in [0.2, 0.25) is 0 Å². The molecule has 1 aromatic carbocycles. The second-order valence-electron chi connectivity index (χ2n) is 3.35. The molecule has 0 fully saturated rings. The highest BCUT2D eigenvalue weighted by Gasteiger charge is 2.19. The van der Waals surface area contributed by atoms with E-state index in [0.717, 1.165) is 5.56 Å². The summed E-state index contributed by atoms with van der Waals surface area (Å²) in [5.74, 6) is 0.0142. The molecule has 1 heterocycles. The van der Waals surface area contributed by atoms with Crippen molar-refractivity contribution in [3.8, 4) is 0 Å². The second-order valence-corrected chi connectivity index (χ2v) is 4.22. The molecule has 0 aliphatic heterocycles. The van der Waals surface area contributed by atoms with Gasteiger partial charge < -0.3 is 4.42 Å². The molecule has 0 spiro atoms. The fourth-order valence-electron chi connectivity index (χ4n) is 1.37. The maximum atomic E-state index is 10.5. The summed E-state index contributed by atoms with van der Waals surface area (Å²) >= 11 is 11.9. The molecule has 2 rings (SSSR count). The van der Waals surface area contributed by atoms with Gasteiger partial charge in [-0.1, -0.05) is 23.7 Å². The molecule has 0 bridgehead atoms. The molecule has 6 heteroatoms. The van der Waals surface area contributed by atoms with Crippen molar-refractivity contribution in [1.29, 1.82) is 0 Å². The van der Waals surface area contributed by atoms with E-state index in [0.29, 0.717) is 10.8 Å². The Balaban J connectivity index is 2.27. The van der Waals surface area contributed by atoms with Crippen molar-refractivity contribution in [2.45, 2.75) is 5.38 Å². The molecule has 0 aliphatic rings. The van der Waals surface area contributed by atoms with E-state index in [4.69, 9.17) is 27.6 Å². The third-order valence-electron chi connectivity index (χ3n) is 2.20. The first-order valence-corrected chi connectivity index (χ1v) is 5.53. The van der Waals surface area contributed by atoms with Gasteiger partial charge in [0.05, 0.1) is 6.07 Å². The summed E-state index contributed by atoms with van der Waals surface area (Å²) in [4.78, 5) is 9.87. The highest BCUT2D eigenvalue weighted by atomic mass is 35.5. The van der Waals surface area contributed by atoms with Gasteiger partial charge in [0.15, 0.2) is 0 Å². The van der Waals surface area contributed by atoms with Crippen molar-refractivity contribution < 1.29 is 9.34 Å². The lowest BCUT2D eigenvalue weighted by atomic mass is 10.1. The van der Waals surface area contributed by atoms with E-state index in [2.05, 4.69) is 0 Å². The van der Waals surface area contributed by atoms with Gasteiger partial charge in [-0.25, -0.2) is 0 Å². The zero-order valence-electron chi connectivity index (χ0n) is 8.47. The fourth-order valence-corrected chi connectivity index (χ4v) is 1.76. The topological polar surface area (TPSA) is 56.3 Å². The molecule has 88 valence electrons. The lowest BCUT2D eigenvalue weighted by Crippen LogP contribution is -1.90. The summed E-state index contributed by atoms with van der Waals surface area (Å²) in [5, 5.41) is 10.5. The number of hydrogen-bond acceptors (Lipinski definition) is 3. The molecule has 0 saturated carbocycles. The average molecular weight is 272 g/mol. The number of furan rings is 1. The first-order chi connectivity index (χ1) is 8.08. The van der Waals surface area contributed by atoms with Gasteiger partial charge in [-0.15, -0.1) is 11.6 Å².